The number of allylic oxidation sites excluding steroid dienone is 1. The first-order valence-corrected chi connectivity index (χ1v) is 9.27. The van der Waals surface area contributed by atoms with Gasteiger partial charge in [0.05, 0.1) is 12.2 Å². The molecule has 0 aromatic heterocycles. The van der Waals surface area contributed by atoms with Crippen molar-refractivity contribution in [3.8, 4) is 0 Å². The van der Waals surface area contributed by atoms with Crippen LogP contribution < -0.4 is 5.73 Å². The third kappa shape index (κ3) is 1.85. The molecule has 4 aliphatic rings. The van der Waals surface area contributed by atoms with E-state index < -0.39 is 0 Å². The second-order valence-electron chi connectivity index (χ2n) is 8.74. The fraction of sp³-hybridized carbons (Fsp3) is 0.895. The minimum atomic E-state index is -0.162. The average Bonchev–Trinajstić information content (AvgIpc) is 2.82. The minimum Gasteiger partial charge on any atom is -0.393 e. The topological polar surface area (TPSA) is 66.5 Å². The highest BCUT2D eigenvalue weighted by molar-refractivity contribution is 5.27. The van der Waals surface area contributed by atoms with E-state index in [1.54, 1.807) is 0 Å². The summed E-state index contributed by atoms with van der Waals surface area (Å²) in [4.78, 5) is 0. The summed E-state index contributed by atoms with van der Waals surface area (Å²) in [5.74, 6) is 2.03. The van der Waals surface area contributed by atoms with Gasteiger partial charge in [0.1, 0.15) is 0 Å². The lowest BCUT2D eigenvalue weighted by atomic mass is 9.47. The van der Waals surface area contributed by atoms with Crippen LogP contribution in [0.5, 0.6) is 0 Å². The van der Waals surface area contributed by atoms with E-state index in [2.05, 4.69) is 13.0 Å². The summed E-state index contributed by atoms with van der Waals surface area (Å²) in [6, 6.07) is 0. The molecule has 0 bridgehead atoms. The molecule has 0 aliphatic heterocycles. The van der Waals surface area contributed by atoms with Crippen LogP contribution in [0.4, 0.5) is 0 Å². The van der Waals surface area contributed by atoms with Crippen molar-refractivity contribution < 1.29 is 10.2 Å². The SMILES string of the molecule is C[C@]12CCC3C(CC=C4C[C@@H](O)CC[C@@]43CN)C1CC[C@@H]2O. The van der Waals surface area contributed by atoms with Crippen molar-refractivity contribution in [2.24, 2.45) is 34.3 Å². The lowest BCUT2D eigenvalue weighted by molar-refractivity contribution is -0.0734. The summed E-state index contributed by atoms with van der Waals surface area (Å²) in [5, 5.41) is 20.6. The third-order valence-electron chi connectivity index (χ3n) is 8.12. The Morgan fingerprint density at radius 1 is 1.14 bits per heavy atom. The van der Waals surface area contributed by atoms with Gasteiger partial charge in [-0.2, -0.15) is 0 Å². The van der Waals surface area contributed by atoms with Crippen molar-refractivity contribution in [2.45, 2.75) is 70.5 Å². The highest BCUT2D eigenvalue weighted by Crippen LogP contribution is 2.64. The van der Waals surface area contributed by atoms with E-state index in [-0.39, 0.29) is 23.0 Å². The molecule has 124 valence electrons. The Bertz CT molecular complexity index is 490. The molecule has 4 aliphatic carbocycles. The van der Waals surface area contributed by atoms with Crippen molar-refractivity contribution in [3.63, 3.8) is 0 Å². The van der Waals surface area contributed by atoms with Crippen LogP contribution in [0.25, 0.3) is 0 Å². The lowest BCUT2D eigenvalue weighted by Crippen LogP contribution is -2.54. The van der Waals surface area contributed by atoms with Gasteiger partial charge in [0.2, 0.25) is 0 Å². The fourth-order valence-electron chi connectivity index (χ4n) is 6.79. The number of nitrogens with two attached hydrogens (primary N) is 1. The first-order valence-electron chi connectivity index (χ1n) is 9.27. The summed E-state index contributed by atoms with van der Waals surface area (Å²) < 4.78 is 0. The van der Waals surface area contributed by atoms with E-state index in [0.717, 1.165) is 45.1 Å². The Kier molecular flexibility index (Phi) is 3.49. The largest absolute Gasteiger partial charge is 0.393 e. The summed E-state index contributed by atoms with van der Waals surface area (Å²) in [6.07, 6.45) is 10.6. The van der Waals surface area contributed by atoms with E-state index in [0.29, 0.717) is 17.8 Å². The van der Waals surface area contributed by atoms with Crippen molar-refractivity contribution in [2.75, 3.05) is 6.54 Å². The normalized spacial score (nSPS) is 54.2. The number of hydrogen-bond donors (Lipinski definition) is 3. The summed E-state index contributed by atoms with van der Waals surface area (Å²) in [5.41, 5.74) is 8.07. The molecule has 3 heteroatoms. The number of fused-ring (bicyclic) bond motifs is 5. The predicted molar refractivity (Wildman–Crippen MR) is 87.1 cm³/mol. The number of rotatable bonds is 1. The molecular weight excluding hydrogens is 274 g/mol. The van der Waals surface area contributed by atoms with E-state index in [1.807, 2.05) is 0 Å². The predicted octanol–water partition coefficient (Wildman–Crippen LogP) is 2.61. The molecule has 4 N–H and O–H groups in total. The maximum absolute atomic E-state index is 10.5. The summed E-state index contributed by atoms with van der Waals surface area (Å²) >= 11 is 0. The molecule has 4 rings (SSSR count). The van der Waals surface area contributed by atoms with Crippen LogP contribution in [0.3, 0.4) is 0 Å². The lowest BCUT2D eigenvalue weighted by Gasteiger charge is -2.58. The Labute approximate surface area is 134 Å². The molecule has 7 atom stereocenters. The zero-order chi connectivity index (χ0) is 15.5. The molecule has 3 unspecified atom stereocenters. The van der Waals surface area contributed by atoms with Gasteiger partial charge in [-0.15, -0.1) is 0 Å². The second kappa shape index (κ2) is 5.06. The maximum Gasteiger partial charge on any atom is 0.0596 e. The van der Waals surface area contributed by atoms with Gasteiger partial charge in [0.15, 0.2) is 0 Å². The summed E-state index contributed by atoms with van der Waals surface area (Å²) in [7, 11) is 0. The van der Waals surface area contributed by atoms with Gasteiger partial charge in [-0.05, 0) is 74.5 Å². The minimum absolute atomic E-state index is 0.106. The Hall–Kier alpha value is -0.380. The van der Waals surface area contributed by atoms with Crippen LogP contribution in [-0.4, -0.2) is 29.0 Å². The van der Waals surface area contributed by atoms with Gasteiger partial charge < -0.3 is 15.9 Å². The Morgan fingerprint density at radius 2 is 1.95 bits per heavy atom. The van der Waals surface area contributed by atoms with Gasteiger partial charge in [0, 0.05) is 12.0 Å². The monoisotopic (exact) mass is 305 g/mol. The van der Waals surface area contributed by atoms with Crippen LogP contribution in [0.2, 0.25) is 0 Å². The quantitative estimate of drug-likeness (QED) is 0.652. The Balaban J connectivity index is 1.70. The highest BCUT2D eigenvalue weighted by Gasteiger charge is 2.59. The molecule has 0 spiro atoms. The van der Waals surface area contributed by atoms with E-state index >= 15 is 0 Å². The molecule has 0 radical (unpaired) electrons. The first-order chi connectivity index (χ1) is 10.5. The molecule has 3 nitrogen and oxygen atoms in total. The molecule has 0 aromatic rings. The highest BCUT2D eigenvalue weighted by atomic mass is 16.3. The average molecular weight is 305 g/mol. The van der Waals surface area contributed by atoms with Crippen molar-refractivity contribution in [1.82, 2.24) is 0 Å². The fourth-order valence-corrected chi connectivity index (χ4v) is 6.79. The zero-order valence-electron chi connectivity index (χ0n) is 13.8. The molecule has 0 saturated heterocycles. The third-order valence-corrected chi connectivity index (χ3v) is 8.12. The molecular formula is C19H31NO2. The molecule has 0 heterocycles. The van der Waals surface area contributed by atoms with Crippen LogP contribution in [0, 0.1) is 28.6 Å². The van der Waals surface area contributed by atoms with Gasteiger partial charge in [-0.3, -0.25) is 0 Å². The molecule has 0 aromatic carbocycles. The zero-order valence-corrected chi connectivity index (χ0v) is 13.8. The number of aliphatic hydroxyl groups is 2. The molecule has 3 fully saturated rings. The van der Waals surface area contributed by atoms with Crippen LogP contribution in [0.15, 0.2) is 11.6 Å². The van der Waals surface area contributed by atoms with Crippen molar-refractivity contribution >= 4 is 0 Å². The first kappa shape index (κ1) is 15.2. The summed E-state index contributed by atoms with van der Waals surface area (Å²) in [6.45, 7) is 3.06. The van der Waals surface area contributed by atoms with E-state index in [4.69, 9.17) is 5.73 Å². The standard InChI is InChI=1S/C19H31NO2/c1-18-8-7-16-14(15(18)4-5-17(18)22)3-2-12-10-13(21)6-9-19(12,16)11-20/h2,13-17,21-22H,3-11,20H2,1H3/t13-,14?,15?,16?,17-,18-,19+/m0/s1. The molecule has 0 amide bonds. The van der Waals surface area contributed by atoms with E-state index in [9.17, 15) is 10.2 Å². The molecule has 22 heavy (non-hydrogen) atoms. The van der Waals surface area contributed by atoms with Gasteiger partial charge in [-0.1, -0.05) is 18.6 Å². The van der Waals surface area contributed by atoms with Gasteiger partial charge in [-0.25, -0.2) is 0 Å². The maximum atomic E-state index is 10.5. The Morgan fingerprint density at radius 3 is 2.73 bits per heavy atom. The van der Waals surface area contributed by atoms with Crippen LogP contribution >= 0.6 is 0 Å². The van der Waals surface area contributed by atoms with Gasteiger partial charge in [0.25, 0.3) is 0 Å². The van der Waals surface area contributed by atoms with Crippen molar-refractivity contribution in [1.29, 1.82) is 0 Å². The van der Waals surface area contributed by atoms with E-state index in [1.165, 1.54) is 18.4 Å². The second-order valence-corrected chi connectivity index (χ2v) is 8.74. The smallest absolute Gasteiger partial charge is 0.0596 e. The number of hydrogen-bond acceptors (Lipinski definition) is 3. The number of aliphatic hydroxyl groups excluding tert-OH is 2. The van der Waals surface area contributed by atoms with Crippen molar-refractivity contribution in [3.05, 3.63) is 11.6 Å². The van der Waals surface area contributed by atoms with Gasteiger partial charge >= 0.3 is 0 Å². The van der Waals surface area contributed by atoms with Crippen LogP contribution in [0.1, 0.15) is 58.3 Å². The molecule has 3 saturated carbocycles. The van der Waals surface area contributed by atoms with Crippen LogP contribution in [-0.2, 0) is 0 Å².